The van der Waals surface area contributed by atoms with Crippen molar-refractivity contribution in [2.75, 3.05) is 12.8 Å². The summed E-state index contributed by atoms with van der Waals surface area (Å²) in [4.78, 5) is 14.7. The number of amides is 1. The number of hydrogen-bond donors (Lipinski definition) is 0. The quantitative estimate of drug-likeness (QED) is 0.614. The molecule has 0 radical (unpaired) electrons. The third-order valence-corrected chi connectivity index (χ3v) is 7.50. The SMILES string of the molecule is CN(C(=O)CSc1nnc(-c2ccco2)n1C1CCCCC1)C1(C#N)CCCCC1. The van der Waals surface area contributed by atoms with E-state index < -0.39 is 5.54 Å². The van der Waals surface area contributed by atoms with Crippen molar-refractivity contribution in [3.05, 3.63) is 18.4 Å². The molecule has 2 aliphatic rings. The van der Waals surface area contributed by atoms with Crippen molar-refractivity contribution in [2.24, 2.45) is 0 Å². The molecule has 2 aromatic heterocycles. The van der Waals surface area contributed by atoms with E-state index in [-0.39, 0.29) is 11.7 Å². The lowest BCUT2D eigenvalue weighted by atomic mass is 9.81. The maximum absolute atomic E-state index is 13.0. The molecule has 7 nitrogen and oxygen atoms in total. The first kappa shape index (κ1) is 21.0. The van der Waals surface area contributed by atoms with Gasteiger partial charge >= 0.3 is 0 Å². The minimum absolute atomic E-state index is 0.0267. The van der Waals surface area contributed by atoms with Gasteiger partial charge in [-0.1, -0.05) is 50.3 Å². The predicted molar refractivity (Wildman–Crippen MR) is 115 cm³/mol. The molecule has 0 spiro atoms. The highest BCUT2D eigenvalue weighted by Gasteiger charge is 2.39. The van der Waals surface area contributed by atoms with Gasteiger partial charge < -0.3 is 9.32 Å². The highest BCUT2D eigenvalue weighted by Crippen LogP contribution is 2.37. The Morgan fingerprint density at radius 3 is 2.67 bits per heavy atom. The molecule has 0 bridgehead atoms. The fourth-order valence-corrected chi connectivity index (χ4v) is 5.66. The number of thioether (sulfide) groups is 1. The van der Waals surface area contributed by atoms with Crippen LogP contribution in [0.3, 0.4) is 0 Å². The summed E-state index contributed by atoms with van der Waals surface area (Å²) in [6, 6.07) is 6.51. The summed E-state index contributed by atoms with van der Waals surface area (Å²) in [6.45, 7) is 0. The van der Waals surface area contributed by atoms with Gasteiger partial charge in [0.25, 0.3) is 0 Å². The van der Waals surface area contributed by atoms with Crippen LogP contribution in [-0.4, -0.2) is 43.9 Å². The minimum atomic E-state index is -0.660. The van der Waals surface area contributed by atoms with Crippen molar-refractivity contribution in [1.29, 1.82) is 5.26 Å². The molecule has 2 aromatic rings. The Kier molecular flexibility index (Phi) is 6.47. The molecular formula is C22H29N5O2S. The molecule has 4 rings (SSSR count). The van der Waals surface area contributed by atoms with Crippen LogP contribution in [0.5, 0.6) is 0 Å². The summed E-state index contributed by atoms with van der Waals surface area (Å²) in [6.07, 6.45) is 12.1. The second kappa shape index (κ2) is 9.25. The average Bonchev–Trinajstić information content (AvgIpc) is 3.47. The monoisotopic (exact) mass is 427 g/mol. The van der Waals surface area contributed by atoms with Gasteiger partial charge in [0, 0.05) is 13.1 Å². The Morgan fingerprint density at radius 2 is 2.00 bits per heavy atom. The second-order valence-corrected chi connectivity index (χ2v) is 9.33. The van der Waals surface area contributed by atoms with Crippen LogP contribution in [0.25, 0.3) is 11.6 Å². The number of aromatic nitrogens is 3. The number of carbonyl (C=O) groups excluding carboxylic acids is 1. The molecule has 0 unspecified atom stereocenters. The molecular weight excluding hydrogens is 398 g/mol. The number of carbonyl (C=O) groups is 1. The molecule has 0 saturated heterocycles. The van der Waals surface area contributed by atoms with Crippen molar-refractivity contribution in [3.63, 3.8) is 0 Å². The zero-order valence-corrected chi connectivity index (χ0v) is 18.4. The van der Waals surface area contributed by atoms with Crippen molar-refractivity contribution in [2.45, 2.75) is 80.9 Å². The topological polar surface area (TPSA) is 87.9 Å². The van der Waals surface area contributed by atoms with Crippen molar-refractivity contribution in [1.82, 2.24) is 19.7 Å². The molecule has 2 saturated carbocycles. The van der Waals surface area contributed by atoms with E-state index in [9.17, 15) is 10.1 Å². The fourth-order valence-electron chi connectivity index (χ4n) is 4.74. The second-order valence-electron chi connectivity index (χ2n) is 8.39. The molecule has 1 amide bonds. The minimum Gasteiger partial charge on any atom is -0.461 e. The summed E-state index contributed by atoms with van der Waals surface area (Å²) in [5.74, 6) is 1.66. The van der Waals surface area contributed by atoms with E-state index in [1.54, 1.807) is 18.2 Å². The van der Waals surface area contributed by atoms with Crippen molar-refractivity contribution >= 4 is 17.7 Å². The predicted octanol–water partition coefficient (Wildman–Crippen LogP) is 4.82. The van der Waals surface area contributed by atoms with Crippen LogP contribution in [0.15, 0.2) is 28.0 Å². The molecule has 0 aliphatic heterocycles. The fraction of sp³-hybridized carbons (Fsp3) is 0.636. The van der Waals surface area contributed by atoms with Crippen LogP contribution in [0.2, 0.25) is 0 Å². The molecule has 0 N–H and O–H groups in total. The first-order valence-corrected chi connectivity index (χ1v) is 11.9. The van der Waals surface area contributed by atoms with Gasteiger partial charge in [0.1, 0.15) is 5.54 Å². The van der Waals surface area contributed by atoms with Crippen molar-refractivity contribution < 1.29 is 9.21 Å². The molecule has 2 aliphatic carbocycles. The lowest BCUT2D eigenvalue weighted by Gasteiger charge is -2.39. The Bertz CT molecular complexity index is 889. The zero-order valence-electron chi connectivity index (χ0n) is 17.5. The summed E-state index contributed by atoms with van der Waals surface area (Å²) >= 11 is 1.42. The summed E-state index contributed by atoms with van der Waals surface area (Å²) in [5.41, 5.74) is -0.660. The third kappa shape index (κ3) is 4.13. The van der Waals surface area contributed by atoms with E-state index >= 15 is 0 Å². The van der Waals surface area contributed by atoms with Crippen LogP contribution in [0.1, 0.15) is 70.3 Å². The van der Waals surface area contributed by atoms with Gasteiger partial charge in [0.2, 0.25) is 11.7 Å². The standard InChI is InChI=1S/C22H29N5O2S/c1-26(22(16-23)12-6-3-7-13-22)19(28)15-30-21-25-24-20(18-11-8-14-29-18)27(21)17-9-4-2-5-10-17/h8,11,14,17H,2-7,9-10,12-13,15H2,1H3. The molecule has 0 aromatic carbocycles. The van der Waals surface area contributed by atoms with Crippen LogP contribution in [0, 0.1) is 11.3 Å². The highest BCUT2D eigenvalue weighted by molar-refractivity contribution is 7.99. The van der Waals surface area contributed by atoms with Crippen LogP contribution < -0.4 is 0 Å². The largest absolute Gasteiger partial charge is 0.461 e. The van der Waals surface area contributed by atoms with E-state index in [2.05, 4.69) is 20.8 Å². The van der Waals surface area contributed by atoms with E-state index in [0.717, 1.165) is 55.9 Å². The Hall–Kier alpha value is -2.27. The van der Waals surface area contributed by atoms with Gasteiger partial charge in [-0.25, -0.2) is 0 Å². The van der Waals surface area contributed by atoms with Crippen LogP contribution in [0.4, 0.5) is 0 Å². The van der Waals surface area contributed by atoms with Gasteiger partial charge in [-0.3, -0.25) is 9.36 Å². The smallest absolute Gasteiger partial charge is 0.234 e. The first-order chi connectivity index (χ1) is 14.6. The maximum Gasteiger partial charge on any atom is 0.234 e. The highest BCUT2D eigenvalue weighted by atomic mass is 32.2. The molecule has 30 heavy (non-hydrogen) atoms. The number of rotatable bonds is 6. The number of furan rings is 1. The van der Waals surface area contributed by atoms with Crippen LogP contribution in [-0.2, 0) is 4.79 Å². The zero-order chi connectivity index (χ0) is 21.0. The van der Waals surface area contributed by atoms with Gasteiger partial charge in [-0.2, -0.15) is 5.26 Å². The molecule has 2 heterocycles. The molecule has 0 atom stereocenters. The van der Waals surface area contributed by atoms with Crippen LogP contribution >= 0.6 is 11.8 Å². The maximum atomic E-state index is 13.0. The normalized spacial score (nSPS) is 19.3. The summed E-state index contributed by atoms with van der Waals surface area (Å²) in [5, 5.41) is 19.3. The lowest BCUT2D eigenvalue weighted by molar-refractivity contribution is -0.131. The summed E-state index contributed by atoms with van der Waals surface area (Å²) in [7, 11) is 1.78. The third-order valence-electron chi connectivity index (χ3n) is 6.58. The molecule has 160 valence electrons. The summed E-state index contributed by atoms with van der Waals surface area (Å²) < 4.78 is 7.75. The Morgan fingerprint density at radius 1 is 1.27 bits per heavy atom. The van der Waals surface area contributed by atoms with E-state index in [1.165, 1.54) is 31.0 Å². The Labute approximate surface area is 181 Å². The molecule has 2 fully saturated rings. The van der Waals surface area contributed by atoms with E-state index in [0.29, 0.717) is 11.8 Å². The Balaban J connectivity index is 1.51. The van der Waals surface area contributed by atoms with Gasteiger partial charge in [-0.05, 0) is 37.8 Å². The number of nitriles is 1. The number of nitrogens with zero attached hydrogens (tertiary/aromatic N) is 5. The van der Waals surface area contributed by atoms with E-state index in [4.69, 9.17) is 4.42 Å². The van der Waals surface area contributed by atoms with Gasteiger partial charge in [0.15, 0.2) is 10.9 Å². The number of hydrogen-bond acceptors (Lipinski definition) is 6. The van der Waals surface area contributed by atoms with Crippen molar-refractivity contribution in [3.8, 4) is 17.7 Å². The van der Waals surface area contributed by atoms with Gasteiger partial charge in [-0.15, -0.1) is 10.2 Å². The lowest BCUT2D eigenvalue weighted by Crippen LogP contribution is -2.50. The average molecular weight is 428 g/mol. The molecule has 8 heteroatoms. The van der Waals surface area contributed by atoms with Gasteiger partial charge in [0.05, 0.1) is 18.1 Å². The van der Waals surface area contributed by atoms with E-state index in [1.807, 2.05) is 12.1 Å². The first-order valence-electron chi connectivity index (χ1n) is 10.9.